The van der Waals surface area contributed by atoms with Crippen molar-refractivity contribution in [3.8, 4) is 0 Å². The van der Waals surface area contributed by atoms with Gasteiger partial charge in [-0.15, -0.1) is 13.2 Å². The van der Waals surface area contributed by atoms with Gasteiger partial charge in [0.2, 0.25) is 0 Å². The van der Waals surface area contributed by atoms with Crippen molar-refractivity contribution >= 4 is 0 Å². The Morgan fingerprint density at radius 2 is 1.26 bits per heavy atom. The van der Waals surface area contributed by atoms with Gasteiger partial charge in [0, 0.05) is 12.8 Å². The maximum absolute atomic E-state index is 9.56. The molecule has 6 heteroatoms. The van der Waals surface area contributed by atoms with Gasteiger partial charge in [-0.1, -0.05) is 12.2 Å². The fourth-order valence-electron chi connectivity index (χ4n) is 2.11. The van der Waals surface area contributed by atoms with E-state index in [0.717, 1.165) is 0 Å². The van der Waals surface area contributed by atoms with Crippen LogP contribution >= 0.6 is 0 Å². The van der Waals surface area contributed by atoms with Gasteiger partial charge in [0.25, 0.3) is 0 Å². The molecule has 0 radical (unpaired) electrons. The van der Waals surface area contributed by atoms with E-state index in [0.29, 0.717) is 12.8 Å². The molecule has 0 aromatic rings. The van der Waals surface area contributed by atoms with Crippen LogP contribution in [0.25, 0.3) is 0 Å². The van der Waals surface area contributed by atoms with E-state index in [1.165, 1.54) is 0 Å². The van der Waals surface area contributed by atoms with E-state index in [9.17, 15) is 10.2 Å². The van der Waals surface area contributed by atoms with Crippen LogP contribution in [0.4, 0.5) is 0 Å². The second kappa shape index (κ2) is 6.60. The van der Waals surface area contributed by atoms with E-state index in [1.54, 1.807) is 12.2 Å². The van der Waals surface area contributed by atoms with Gasteiger partial charge in [-0.3, -0.25) is 0 Å². The quantitative estimate of drug-likeness (QED) is 0.732. The third kappa shape index (κ3) is 4.10. The molecule has 108 valence electrons. The predicted octanol–water partition coefficient (Wildman–Crippen LogP) is 0.648. The van der Waals surface area contributed by atoms with Gasteiger partial charge in [0.1, 0.15) is 0 Å². The Hall–Kier alpha value is -0.760. The van der Waals surface area contributed by atoms with Crippen LogP contribution in [0.2, 0.25) is 0 Å². The SMILES string of the molecule is C=C[C@@H]1C[C@@H](O)O[C@H](C[C@@H]2O[C@@H](O)C[C@H](C=C)O2)O1. The molecule has 0 unspecified atom stereocenters. The first kappa shape index (κ1) is 14.6. The highest BCUT2D eigenvalue weighted by Gasteiger charge is 2.34. The number of ether oxygens (including phenoxy) is 4. The average Bonchev–Trinajstić information content (AvgIpc) is 2.37. The third-order valence-corrected chi connectivity index (χ3v) is 3.05. The summed E-state index contributed by atoms with van der Waals surface area (Å²) in [4.78, 5) is 0. The molecule has 6 atom stereocenters. The van der Waals surface area contributed by atoms with Crippen molar-refractivity contribution in [2.75, 3.05) is 0 Å². The van der Waals surface area contributed by atoms with Crippen molar-refractivity contribution in [2.24, 2.45) is 0 Å². The normalized spacial score (nSPS) is 43.7. The van der Waals surface area contributed by atoms with Crippen molar-refractivity contribution in [1.82, 2.24) is 0 Å². The highest BCUT2D eigenvalue weighted by atomic mass is 16.8. The molecule has 2 aliphatic heterocycles. The van der Waals surface area contributed by atoms with Crippen molar-refractivity contribution < 1.29 is 29.2 Å². The Bertz CT molecular complexity index is 290. The lowest BCUT2D eigenvalue weighted by molar-refractivity contribution is -0.333. The molecule has 2 N–H and O–H groups in total. The summed E-state index contributed by atoms with van der Waals surface area (Å²) in [5.74, 6) is 0. The predicted molar refractivity (Wildman–Crippen MR) is 65.8 cm³/mol. The van der Waals surface area contributed by atoms with Crippen LogP contribution in [0.5, 0.6) is 0 Å². The molecular weight excluding hydrogens is 252 g/mol. The van der Waals surface area contributed by atoms with Gasteiger partial charge in [-0.25, -0.2) is 0 Å². The summed E-state index contributed by atoms with van der Waals surface area (Å²) in [6, 6.07) is 0. The highest BCUT2D eigenvalue weighted by molar-refractivity contribution is 4.85. The molecule has 2 aliphatic rings. The molecule has 2 heterocycles. The van der Waals surface area contributed by atoms with E-state index >= 15 is 0 Å². The standard InChI is InChI=1S/C13H20O6/c1-3-8-5-10(14)18-12(16-8)7-13-17-9(4-2)6-11(15)19-13/h3-4,8-15H,1-2,5-7H2/t8-,9+,10+,11-,12-,13+. The number of hydrogen-bond donors (Lipinski definition) is 2. The van der Waals surface area contributed by atoms with E-state index < -0.39 is 25.2 Å². The maximum atomic E-state index is 9.56. The van der Waals surface area contributed by atoms with Crippen molar-refractivity contribution in [3.63, 3.8) is 0 Å². The minimum Gasteiger partial charge on any atom is -0.368 e. The van der Waals surface area contributed by atoms with Crippen LogP contribution in [0.3, 0.4) is 0 Å². The lowest BCUT2D eigenvalue weighted by Crippen LogP contribution is -2.43. The molecule has 0 saturated carbocycles. The summed E-state index contributed by atoms with van der Waals surface area (Å²) in [5, 5.41) is 19.1. The van der Waals surface area contributed by atoms with Gasteiger partial charge in [0.15, 0.2) is 25.2 Å². The Morgan fingerprint density at radius 3 is 1.63 bits per heavy atom. The maximum Gasteiger partial charge on any atom is 0.166 e. The minimum absolute atomic E-state index is 0.253. The Labute approximate surface area is 112 Å². The number of hydrogen-bond acceptors (Lipinski definition) is 6. The first-order valence-corrected chi connectivity index (χ1v) is 6.33. The van der Waals surface area contributed by atoms with Gasteiger partial charge in [-0.2, -0.15) is 0 Å². The summed E-state index contributed by atoms with van der Waals surface area (Å²) in [5.41, 5.74) is 0. The second-order valence-electron chi connectivity index (χ2n) is 4.57. The first-order chi connectivity index (χ1) is 9.10. The molecule has 2 rings (SSSR count). The molecule has 2 fully saturated rings. The summed E-state index contributed by atoms with van der Waals surface area (Å²) in [6.45, 7) is 7.26. The van der Waals surface area contributed by atoms with Crippen molar-refractivity contribution in [2.45, 2.75) is 56.6 Å². The summed E-state index contributed by atoms with van der Waals surface area (Å²) in [7, 11) is 0. The van der Waals surface area contributed by atoms with E-state index in [1.807, 2.05) is 0 Å². The van der Waals surface area contributed by atoms with Crippen LogP contribution in [0, 0.1) is 0 Å². The molecule has 19 heavy (non-hydrogen) atoms. The summed E-state index contributed by atoms with van der Waals surface area (Å²) in [6.07, 6.45) is 0.536. The molecular formula is C13H20O6. The fourth-order valence-corrected chi connectivity index (χ4v) is 2.11. The number of aliphatic hydroxyl groups excluding tert-OH is 2. The molecule has 0 aromatic heterocycles. The van der Waals surface area contributed by atoms with Crippen LogP contribution < -0.4 is 0 Å². The van der Waals surface area contributed by atoms with Crippen LogP contribution in [0.1, 0.15) is 19.3 Å². The first-order valence-electron chi connectivity index (χ1n) is 6.33. The Balaban J connectivity index is 1.88. The van der Waals surface area contributed by atoms with Gasteiger partial charge in [0.05, 0.1) is 18.6 Å². The Morgan fingerprint density at radius 1 is 0.842 bits per heavy atom. The van der Waals surface area contributed by atoms with Gasteiger partial charge >= 0.3 is 0 Å². The molecule has 0 aliphatic carbocycles. The lowest BCUT2D eigenvalue weighted by atomic mass is 10.2. The second-order valence-corrected chi connectivity index (χ2v) is 4.57. The zero-order valence-electron chi connectivity index (χ0n) is 10.7. The largest absolute Gasteiger partial charge is 0.368 e. The fraction of sp³-hybridized carbons (Fsp3) is 0.692. The molecule has 6 nitrogen and oxygen atoms in total. The molecule has 0 amide bonds. The van der Waals surface area contributed by atoms with Crippen LogP contribution in [-0.4, -0.2) is 47.6 Å². The van der Waals surface area contributed by atoms with E-state index in [-0.39, 0.29) is 18.6 Å². The highest BCUT2D eigenvalue weighted by Crippen LogP contribution is 2.26. The van der Waals surface area contributed by atoms with Gasteiger partial charge < -0.3 is 29.2 Å². The molecule has 2 saturated heterocycles. The number of rotatable bonds is 4. The molecule has 0 bridgehead atoms. The monoisotopic (exact) mass is 272 g/mol. The topological polar surface area (TPSA) is 77.4 Å². The average molecular weight is 272 g/mol. The van der Waals surface area contributed by atoms with Crippen LogP contribution in [-0.2, 0) is 18.9 Å². The van der Waals surface area contributed by atoms with Gasteiger partial charge in [-0.05, 0) is 0 Å². The summed E-state index contributed by atoms with van der Waals surface area (Å²) < 4.78 is 21.6. The van der Waals surface area contributed by atoms with Crippen molar-refractivity contribution in [3.05, 3.63) is 25.3 Å². The van der Waals surface area contributed by atoms with Crippen molar-refractivity contribution in [1.29, 1.82) is 0 Å². The minimum atomic E-state index is -0.898. The summed E-state index contributed by atoms with van der Waals surface area (Å²) >= 11 is 0. The smallest absolute Gasteiger partial charge is 0.166 e. The van der Waals surface area contributed by atoms with Crippen LogP contribution in [0.15, 0.2) is 25.3 Å². The molecule has 0 aromatic carbocycles. The molecule has 0 spiro atoms. The number of aliphatic hydroxyl groups is 2. The Kier molecular flexibility index (Phi) is 5.09. The lowest BCUT2D eigenvalue weighted by Gasteiger charge is -2.37. The van der Waals surface area contributed by atoms with E-state index in [4.69, 9.17) is 18.9 Å². The van der Waals surface area contributed by atoms with E-state index in [2.05, 4.69) is 13.2 Å². The zero-order valence-corrected chi connectivity index (χ0v) is 10.7. The third-order valence-electron chi connectivity index (χ3n) is 3.05. The zero-order chi connectivity index (χ0) is 13.8.